The van der Waals surface area contributed by atoms with E-state index in [1.165, 1.54) is 6.07 Å². The van der Waals surface area contributed by atoms with Crippen molar-refractivity contribution in [3.8, 4) is 0 Å². The number of rotatable bonds is 2. The lowest BCUT2D eigenvalue weighted by atomic mass is 10.0. The molecule has 0 saturated heterocycles. The van der Waals surface area contributed by atoms with Crippen LogP contribution in [0.3, 0.4) is 0 Å². The molecule has 2 N–H and O–H groups in total. The lowest BCUT2D eigenvalue weighted by Gasteiger charge is -2.09. The molecule has 3 rings (SSSR count). The fraction of sp³-hybridized carbons (Fsp3) is 0.125. The number of aryl methyl sites for hydroxylation is 1. The molecule has 0 fully saturated rings. The predicted octanol–water partition coefficient (Wildman–Crippen LogP) is 3.93. The summed E-state index contributed by atoms with van der Waals surface area (Å²) in [4.78, 5) is 0. The number of nitrogens with two attached hydrogens (primary N) is 1. The Balaban J connectivity index is 2.06. The molecule has 0 aliphatic heterocycles. The molecular weight excluding hydrogens is 241 g/mol. The van der Waals surface area contributed by atoms with Gasteiger partial charge < -0.3 is 10.2 Å². The molecule has 0 bridgehead atoms. The maximum Gasteiger partial charge on any atom is 0.169 e. The summed E-state index contributed by atoms with van der Waals surface area (Å²) < 4.78 is 19.1. The van der Waals surface area contributed by atoms with Gasteiger partial charge in [-0.1, -0.05) is 42.0 Å². The first-order valence-corrected chi connectivity index (χ1v) is 6.15. The van der Waals surface area contributed by atoms with Crippen LogP contribution in [0.2, 0.25) is 0 Å². The second-order valence-corrected chi connectivity index (χ2v) is 4.70. The van der Waals surface area contributed by atoms with Gasteiger partial charge in [-0.2, -0.15) is 0 Å². The molecule has 0 amide bonds. The molecule has 96 valence electrons. The Morgan fingerprint density at radius 3 is 2.63 bits per heavy atom. The van der Waals surface area contributed by atoms with E-state index in [0.29, 0.717) is 5.76 Å². The third-order valence-corrected chi connectivity index (χ3v) is 3.22. The van der Waals surface area contributed by atoms with Gasteiger partial charge in [-0.25, -0.2) is 4.39 Å². The second kappa shape index (κ2) is 4.52. The van der Waals surface area contributed by atoms with Crippen molar-refractivity contribution in [2.75, 3.05) is 0 Å². The summed E-state index contributed by atoms with van der Waals surface area (Å²) in [5.74, 6) is 0.214. The summed E-state index contributed by atoms with van der Waals surface area (Å²) in [6.45, 7) is 2.01. The van der Waals surface area contributed by atoms with Crippen molar-refractivity contribution in [3.05, 3.63) is 71.2 Å². The summed E-state index contributed by atoms with van der Waals surface area (Å²) >= 11 is 0. The fourth-order valence-electron chi connectivity index (χ4n) is 2.23. The first kappa shape index (κ1) is 11.9. The van der Waals surface area contributed by atoms with E-state index in [-0.39, 0.29) is 17.4 Å². The van der Waals surface area contributed by atoms with E-state index >= 15 is 0 Å². The van der Waals surface area contributed by atoms with Crippen molar-refractivity contribution in [2.24, 2.45) is 5.73 Å². The molecule has 19 heavy (non-hydrogen) atoms. The van der Waals surface area contributed by atoms with Gasteiger partial charge in [-0.15, -0.1) is 0 Å². The molecule has 1 aromatic heterocycles. The summed E-state index contributed by atoms with van der Waals surface area (Å²) in [6.07, 6.45) is 0. The SMILES string of the molecule is Cc1cccc(C(N)c2cc3cccc(F)c3o2)c1. The highest BCUT2D eigenvalue weighted by molar-refractivity contribution is 5.78. The summed E-state index contributed by atoms with van der Waals surface area (Å²) in [5.41, 5.74) is 8.54. The molecule has 0 aliphatic carbocycles. The quantitative estimate of drug-likeness (QED) is 0.753. The molecule has 0 aliphatic rings. The first-order chi connectivity index (χ1) is 9.15. The zero-order valence-corrected chi connectivity index (χ0v) is 10.6. The molecule has 0 spiro atoms. The van der Waals surface area contributed by atoms with E-state index in [9.17, 15) is 4.39 Å². The zero-order valence-electron chi connectivity index (χ0n) is 10.6. The van der Waals surface area contributed by atoms with Gasteiger partial charge in [-0.05, 0) is 24.6 Å². The monoisotopic (exact) mass is 255 g/mol. The Morgan fingerprint density at radius 1 is 1.11 bits per heavy atom. The van der Waals surface area contributed by atoms with Crippen LogP contribution in [0.25, 0.3) is 11.0 Å². The highest BCUT2D eigenvalue weighted by atomic mass is 19.1. The predicted molar refractivity (Wildman–Crippen MR) is 73.4 cm³/mol. The average molecular weight is 255 g/mol. The van der Waals surface area contributed by atoms with Crippen molar-refractivity contribution in [2.45, 2.75) is 13.0 Å². The lowest BCUT2D eigenvalue weighted by Crippen LogP contribution is -2.10. The fourth-order valence-corrected chi connectivity index (χ4v) is 2.23. The number of benzene rings is 2. The minimum absolute atomic E-state index is 0.264. The molecule has 0 radical (unpaired) electrons. The van der Waals surface area contributed by atoms with Gasteiger partial charge in [0.15, 0.2) is 11.4 Å². The van der Waals surface area contributed by atoms with Crippen molar-refractivity contribution >= 4 is 11.0 Å². The second-order valence-electron chi connectivity index (χ2n) is 4.70. The summed E-state index contributed by atoms with van der Waals surface area (Å²) in [6, 6.07) is 14.2. The molecule has 2 aromatic carbocycles. The molecule has 1 unspecified atom stereocenters. The minimum atomic E-state index is -0.383. The Morgan fingerprint density at radius 2 is 1.89 bits per heavy atom. The Labute approximate surface area is 110 Å². The normalized spacial score (nSPS) is 12.8. The molecular formula is C16H14FNO. The van der Waals surface area contributed by atoms with Crippen LogP contribution in [0.15, 0.2) is 52.9 Å². The Hall–Kier alpha value is -2.13. The van der Waals surface area contributed by atoms with Crippen molar-refractivity contribution in [1.29, 1.82) is 0 Å². The van der Waals surface area contributed by atoms with E-state index in [1.807, 2.05) is 37.3 Å². The number of halogens is 1. The third-order valence-electron chi connectivity index (χ3n) is 3.22. The van der Waals surface area contributed by atoms with E-state index in [0.717, 1.165) is 16.5 Å². The molecule has 1 heterocycles. The average Bonchev–Trinajstić information content (AvgIpc) is 2.83. The molecule has 3 aromatic rings. The highest BCUT2D eigenvalue weighted by Crippen LogP contribution is 2.28. The largest absolute Gasteiger partial charge is 0.456 e. The Bertz CT molecular complexity index is 732. The van der Waals surface area contributed by atoms with Gasteiger partial charge in [0.25, 0.3) is 0 Å². The minimum Gasteiger partial charge on any atom is -0.456 e. The van der Waals surface area contributed by atoms with Crippen molar-refractivity contribution in [1.82, 2.24) is 0 Å². The topological polar surface area (TPSA) is 39.2 Å². The van der Waals surface area contributed by atoms with Crippen LogP contribution in [0.4, 0.5) is 4.39 Å². The van der Waals surface area contributed by atoms with Gasteiger partial charge in [0.05, 0.1) is 6.04 Å². The van der Waals surface area contributed by atoms with Crippen molar-refractivity contribution < 1.29 is 8.81 Å². The van der Waals surface area contributed by atoms with Crippen LogP contribution in [0.1, 0.15) is 22.9 Å². The van der Waals surface area contributed by atoms with Crippen molar-refractivity contribution in [3.63, 3.8) is 0 Å². The highest BCUT2D eigenvalue weighted by Gasteiger charge is 2.15. The van der Waals surface area contributed by atoms with Crippen LogP contribution < -0.4 is 5.73 Å². The number of furan rings is 1. The van der Waals surface area contributed by atoms with Gasteiger partial charge >= 0.3 is 0 Å². The van der Waals surface area contributed by atoms with Crippen LogP contribution in [0.5, 0.6) is 0 Å². The maximum absolute atomic E-state index is 13.6. The van der Waals surface area contributed by atoms with Gasteiger partial charge in [0.1, 0.15) is 5.76 Å². The molecule has 2 nitrogen and oxygen atoms in total. The zero-order chi connectivity index (χ0) is 13.4. The van der Waals surface area contributed by atoms with Crippen LogP contribution in [-0.2, 0) is 0 Å². The third kappa shape index (κ3) is 2.13. The maximum atomic E-state index is 13.6. The number of hydrogen-bond donors (Lipinski definition) is 1. The smallest absolute Gasteiger partial charge is 0.169 e. The van der Waals surface area contributed by atoms with Gasteiger partial charge in [-0.3, -0.25) is 0 Å². The number of fused-ring (bicyclic) bond motifs is 1. The van der Waals surface area contributed by atoms with E-state index in [4.69, 9.17) is 10.2 Å². The van der Waals surface area contributed by atoms with E-state index in [2.05, 4.69) is 0 Å². The summed E-state index contributed by atoms with van der Waals surface area (Å²) in [5, 5.41) is 0.734. The van der Waals surface area contributed by atoms with Crippen LogP contribution in [-0.4, -0.2) is 0 Å². The van der Waals surface area contributed by atoms with Crippen LogP contribution in [0, 0.1) is 12.7 Å². The van der Waals surface area contributed by atoms with Crippen LogP contribution >= 0.6 is 0 Å². The number of para-hydroxylation sites is 1. The molecule has 1 atom stereocenters. The number of hydrogen-bond acceptors (Lipinski definition) is 2. The van der Waals surface area contributed by atoms with E-state index in [1.54, 1.807) is 12.1 Å². The lowest BCUT2D eigenvalue weighted by molar-refractivity contribution is 0.502. The van der Waals surface area contributed by atoms with E-state index < -0.39 is 0 Å². The van der Waals surface area contributed by atoms with Gasteiger partial charge in [0.2, 0.25) is 0 Å². The van der Waals surface area contributed by atoms with Gasteiger partial charge in [0, 0.05) is 5.39 Å². The summed E-state index contributed by atoms with van der Waals surface area (Å²) in [7, 11) is 0. The Kier molecular flexibility index (Phi) is 2.84. The molecule has 0 saturated carbocycles. The standard InChI is InChI=1S/C16H14FNO/c1-10-4-2-5-11(8-10)15(18)14-9-12-6-3-7-13(17)16(12)19-14/h2-9,15H,18H2,1H3. The first-order valence-electron chi connectivity index (χ1n) is 6.15. The molecule has 3 heteroatoms.